The molecule has 1 N–H and O–H groups in total. The van der Waals surface area contributed by atoms with Crippen molar-refractivity contribution in [3.05, 3.63) is 0 Å². The molecule has 0 bridgehead atoms. The Morgan fingerprint density at radius 2 is 2.05 bits per heavy atom. The Balaban J connectivity index is 2.06. The Morgan fingerprint density at radius 1 is 1.37 bits per heavy atom. The molecule has 2 aliphatic heterocycles. The van der Waals surface area contributed by atoms with E-state index in [1.54, 1.807) is 0 Å². The molecule has 0 aliphatic carbocycles. The van der Waals surface area contributed by atoms with Crippen LogP contribution in [0, 0.1) is 11.8 Å². The first kappa shape index (κ1) is 14.0. The highest BCUT2D eigenvalue weighted by molar-refractivity contribution is 6.05. The molecule has 0 aromatic carbocycles. The third-order valence-electron chi connectivity index (χ3n) is 4.07. The zero-order valence-electron chi connectivity index (χ0n) is 11.3. The number of likely N-dealkylation sites (tertiary alicyclic amines) is 2. The van der Waals surface area contributed by atoms with Crippen LogP contribution in [0.25, 0.3) is 0 Å². The molecule has 2 fully saturated rings. The van der Waals surface area contributed by atoms with Crippen LogP contribution < -0.4 is 0 Å². The van der Waals surface area contributed by atoms with Crippen LogP contribution in [0.15, 0.2) is 0 Å². The molecule has 0 aromatic heterocycles. The van der Waals surface area contributed by atoms with Crippen molar-refractivity contribution in [1.82, 2.24) is 9.80 Å². The lowest BCUT2D eigenvalue weighted by Crippen LogP contribution is -2.41. The molecule has 6 heteroatoms. The first-order chi connectivity index (χ1) is 8.95. The molecule has 6 nitrogen and oxygen atoms in total. The molecule has 0 aromatic rings. The van der Waals surface area contributed by atoms with Crippen LogP contribution in [0.3, 0.4) is 0 Å². The number of carbonyl (C=O) groups is 3. The van der Waals surface area contributed by atoms with Crippen LogP contribution >= 0.6 is 0 Å². The van der Waals surface area contributed by atoms with Crippen molar-refractivity contribution in [2.24, 2.45) is 11.8 Å². The number of carbonyl (C=O) groups excluding carboxylic acids is 2. The van der Waals surface area contributed by atoms with E-state index in [4.69, 9.17) is 5.11 Å². The van der Waals surface area contributed by atoms with Gasteiger partial charge in [-0.15, -0.1) is 0 Å². The molecule has 0 saturated carbocycles. The van der Waals surface area contributed by atoms with E-state index in [0.29, 0.717) is 19.6 Å². The van der Waals surface area contributed by atoms with E-state index in [1.807, 2.05) is 18.7 Å². The van der Waals surface area contributed by atoms with E-state index in [0.717, 1.165) is 6.42 Å². The lowest BCUT2D eigenvalue weighted by molar-refractivity contribution is -0.143. The highest BCUT2D eigenvalue weighted by Gasteiger charge is 2.46. The zero-order valence-corrected chi connectivity index (χ0v) is 11.3. The van der Waals surface area contributed by atoms with Gasteiger partial charge >= 0.3 is 5.97 Å². The van der Waals surface area contributed by atoms with Gasteiger partial charge < -0.3 is 5.11 Å². The molecule has 2 aliphatic rings. The highest BCUT2D eigenvalue weighted by atomic mass is 16.4. The van der Waals surface area contributed by atoms with Crippen molar-refractivity contribution in [1.29, 1.82) is 0 Å². The van der Waals surface area contributed by atoms with Gasteiger partial charge in [0.25, 0.3) is 0 Å². The molecule has 19 heavy (non-hydrogen) atoms. The van der Waals surface area contributed by atoms with Crippen LogP contribution in [0.5, 0.6) is 0 Å². The summed E-state index contributed by atoms with van der Waals surface area (Å²) in [4.78, 5) is 38.3. The van der Waals surface area contributed by atoms with Crippen molar-refractivity contribution in [2.75, 3.05) is 19.6 Å². The number of nitrogens with zero attached hydrogens (tertiary/aromatic N) is 2. The van der Waals surface area contributed by atoms with Gasteiger partial charge in [-0.1, -0.05) is 13.8 Å². The largest absolute Gasteiger partial charge is 0.481 e. The minimum absolute atomic E-state index is 0.0145. The second-order valence-electron chi connectivity index (χ2n) is 5.48. The standard InChI is InChI=1S/C13H20N2O4/c1-3-4-15-11(16)5-10(12(15)17)14-6-8(2)9(7-14)13(18)19/h8-10H,3-7H2,1-2H3,(H,18,19)/t8-,9-,10?/m1/s1. The van der Waals surface area contributed by atoms with Gasteiger partial charge in [-0.2, -0.15) is 0 Å². The number of hydrogen-bond acceptors (Lipinski definition) is 4. The fourth-order valence-electron chi connectivity index (χ4n) is 2.99. The van der Waals surface area contributed by atoms with Gasteiger partial charge in [-0.3, -0.25) is 24.2 Å². The average Bonchev–Trinajstić information content (AvgIpc) is 2.84. The molecule has 2 rings (SSSR count). The summed E-state index contributed by atoms with van der Waals surface area (Å²) in [7, 11) is 0. The Kier molecular flexibility index (Phi) is 3.89. The van der Waals surface area contributed by atoms with Crippen molar-refractivity contribution in [3.8, 4) is 0 Å². The molecular weight excluding hydrogens is 248 g/mol. The van der Waals surface area contributed by atoms with E-state index in [-0.39, 0.29) is 24.2 Å². The Morgan fingerprint density at radius 3 is 2.58 bits per heavy atom. The summed E-state index contributed by atoms with van der Waals surface area (Å²) >= 11 is 0. The quantitative estimate of drug-likeness (QED) is 0.736. The second kappa shape index (κ2) is 5.28. The Labute approximate surface area is 112 Å². The second-order valence-corrected chi connectivity index (χ2v) is 5.48. The molecule has 1 unspecified atom stereocenters. The number of hydrogen-bond donors (Lipinski definition) is 1. The van der Waals surface area contributed by atoms with Crippen molar-refractivity contribution >= 4 is 17.8 Å². The van der Waals surface area contributed by atoms with Crippen LogP contribution in [0.2, 0.25) is 0 Å². The Hall–Kier alpha value is -1.43. The molecule has 3 atom stereocenters. The zero-order chi connectivity index (χ0) is 14.2. The topological polar surface area (TPSA) is 77.9 Å². The monoisotopic (exact) mass is 268 g/mol. The van der Waals surface area contributed by atoms with Gasteiger partial charge in [-0.05, 0) is 12.3 Å². The summed E-state index contributed by atoms with van der Waals surface area (Å²) in [6.45, 7) is 5.19. The number of rotatable bonds is 4. The van der Waals surface area contributed by atoms with Gasteiger partial charge in [-0.25, -0.2) is 0 Å². The van der Waals surface area contributed by atoms with Crippen LogP contribution in [0.4, 0.5) is 0 Å². The fourth-order valence-corrected chi connectivity index (χ4v) is 2.99. The smallest absolute Gasteiger partial charge is 0.308 e. The molecule has 2 saturated heterocycles. The minimum atomic E-state index is -0.822. The fraction of sp³-hybridized carbons (Fsp3) is 0.769. The van der Waals surface area contributed by atoms with Crippen LogP contribution in [-0.4, -0.2) is 58.4 Å². The third-order valence-corrected chi connectivity index (χ3v) is 4.07. The predicted octanol–water partition coefficient (Wildman–Crippen LogP) is 0.176. The van der Waals surface area contributed by atoms with E-state index < -0.39 is 17.9 Å². The van der Waals surface area contributed by atoms with E-state index in [1.165, 1.54) is 4.90 Å². The summed E-state index contributed by atoms with van der Waals surface area (Å²) < 4.78 is 0. The maximum Gasteiger partial charge on any atom is 0.308 e. The van der Waals surface area contributed by atoms with E-state index in [2.05, 4.69) is 0 Å². The number of imide groups is 1. The van der Waals surface area contributed by atoms with Crippen molar-refractivity contribution in [2.45, 2.75) is 32.7 Å². The molecular formula is C13H20N2O4. The summed E-state index contributed by atoms with van der Waals surface area (Å²) in [5.41, 5.74) is 0. The van der Waals surface area contributed by atoms with Crippen LogP contribution in [0.1, 0.15) is 26.7 Å². The summed E-state index contributed by atoms with van der Waals surface area (Å²) in [6, 6.07) is -0.453. The molecule has 2 amide bonds. The lowest BCUT2D eigenvalue weighted by atomic mass is 9.99. The first-order valence-corrected chi connectivity index (χ1v) is 6.76. The van der Waals surface area contributed by atoms with Gasteiger partial charge in [0, 0.05) is 19.6 Å². The van der Waals surface area contributed by atoms with Gasteiger partial charge in [0.15, 0.2) is 0 Å². The first-order valence-electron chi connectivity index (χ1n) is 6.76. The van der Waals surface area contributed by atoms with Crippen molar-refractivity contribution < 1.29 is 19.5 Å². The SMILES string of the molecule is CCCN1C(=O)CC(N2C[C@@H](C)[C@H](C(=O)O)C2)C1=O. The van der Waals surface area contributed by atoms with Crippen LogP contribution in [-0.2, 0) is 14.4 Å². The maximum atomic E-state index is 12.2. The molecule has 0 radical (unpaired) electrons. The predicted molar refractivity (Wildman–Crippen MR) is 67.3 cm³/mol. The van der Waals surface area contributed by atoms with Crippen molar-refractivity contribution in [3.63, 3.8) is 0 Å². The summed E-state index contributed by atoms with van der Waals surface area (Å²) in [5, 5.41) is 9.11. The average molecular weight is 268 g/mol. The third kappa shape index (κ3) is 2.49. The van der Waals surface area contributed by atoms with Gasteiger partial charge in [0.2, 0.25) is 11.8 Å². The number of carboxylic acids is 1. The lowest BCUT2D eigenvalue weighted by Gasteiger charge is -2.22. The van der Waals surface area contributed by atoms with Gasteiger partial charge in [0.1, 0.15) is 0 Å². The number of amides is 2. The minimum Gasteiger partial charge on any atom is -0.481 e. The summed E-state index contributed by atoms with van der Waals surface area (Å²) in [5.74, 6) is -1.55. The maximum absolute atomic E-state index is 12.2. The molecule has 2 heterocycles. The number of carboxylic acid groups (broad SMARTS) is 1. The summed E-state index contributed by atoms with van der Waals surface area (Å²) in [6.07, 6.45) is 0.941. The highest BCUT2D eigenvalue weighted by Crippen LogP contribution is 2.29. The number of aliphatic carboxylic acids is 1. The Bertz CT molecular complexity index is 409. The van der Waals surface area contributed by atoms with E-state index >= 15 is 0 Å². The normalized spacial score (nSPS) is 32.3. The van der Waals surface area contributed by atoms with Gasteiger partial charge in [0.05, 0.1) is 18.4 Å². The molecule has 0 spiro atoms. The van der Waals surface area contributed by atoms with E-state index in [9.17, 15) is 14.4 Å². The molecule has 106 valence electrons.